The number of aromatic nitrogens is 3. The average Bonchev–Trinajstić information content (AvgIpc) is 3.02. The van der Waals surface area contributed by atoms with Gasteiger partial charge in [0.15, 0.2) is 5.82 Å². The number of hydrogen-bond acceptors (Lipinski definition) is 5. The molecule has 144 valence electrons. The second kappa shape index (κ2) is 9.31. The number of nitrogens with zero attached hydrogens (tertiary/aromatic N) is 3. The van der Waals surface area contributed by atoms with E-state index in [2.05, 4.69) is 15.6 Å². The molecule has 0 amide bonds. The van der Waals surface area contributed by atoms with Crippen molar-refractivity contribution < 1.29 is 0 Å². The van der Waals surface area contributed by atoms with Crippen LogP contribution in [0.5, 0.6) is 0 Å². The summed E-state index contributed by atoms with van der Waals surface area (Å²) in [5.74, 6) is 2.45. The lowest BCUT2D eigenvalue weighted by Crippen LogP contribution is -2.19. The first-order chi connectivity index (χ1) is 13.9. The molecule has 2 aromatic heterocycles. The van der Waals surface area contributed by atoms with E-state index >= 15 is 0 Å². The Morgan fingerprint density at radius 2 is 1.57 bits per heavy atom. The zero-order valence-corrected chi connectivity index (χ0v) is 16.1. The molecule has 0 bridgehead atoms. The summed E-state index contributed by atoms with van der Waals surface area (Å²) in [5.41, 5.74) is 2.01. The van der Waals surface area contributed by atoms with Gasteiger partial charge in [-0.25, -0.2) is 9.97 Å². The number of pyridine rings is 1. The maximum atomic E-state index is 4.81. The predicted molar refractivity (Wildman–Crippen MR) is 114 cm³/mol. The van der Waals surface area contributed by atoms with Crippen molar-refractivity contribution in [2.75, 3.05) is 10.6 Å². The van der Waals surface area contributed by atoms with Gasteiger partial charge < -0.3 is 10.6 Å². The number of hydrogen-bond donors (Lipinski definition) is 2. The first kappa shape index (κ1) is 18.4. The largest absolute Gasteiger partial charge is 0.367 e. The SMILES string of the molecule is c1ccc(-c2nc(NCc3ccccn3)cc(NC3CCCCCC3)n2)cc1. The van der Waals surface area contributed by atoms with Gasteiger partial charge in [0, 0.05) is 23.9 Å². The fraction of sp³-hybridized carbons (Fsp3) is 0.348. The van der Waals surface area contributed by atoms with Gasteiger partial charge >= 0.3 is 0 Å². The first-order valence-corrected chi connectivity index (χ1v) is 10.2. The highest BCUT2D eigenvalue weighted by atomic mass is 15.1. The summed E-state index contributed by atoms with van der Waals surface area (Å²) in [5, 5.41) is 7.07. The monoisotopic (exact) mass is 373 g/mol. The first-order valence-electron chi connectivity index (χ1n) is 10.2. The van der Waals surface area contributed by atoms with Crippen LogP contribution in [0.15, 0.2) is 60.8 Å². The maximum absolute atomic E-state index is 4.81. The molecule has 1 aliphatic carbocycles. The Morgan fingerprint density at radius 3 is 2.32 bits per heavy atom. The summed E-state index contributed by atoms with van der Waals surface area (Å²) in [4.78, 5) is 13.9. The lowest BCUT2D eigenvalue weighted by molar-refractivity contribution is 0.617. The molecule has 0 radical (unpaired) electrons. The van der Waals surface area contributed by atoms with E-state index < -0.39 is 0 Å². The van der Waals surface area contributed by atoms with Crippen LogP contribution in [0.25, 0.3) is 11.4 Å². The van der Waals surface area contributed by atoms with Gasteiger partial charge in [-0.1, -0.05) is 62.1 Å². The van der Waals surface area contributed by atoms with Crippen molar-refractivity contribution in [2.24, 2.45) is 0 Å². The van der Waals surface area contributed by atoms with Crippen LogP contribution < -0.4 is 10.6 Å². The zero-order chi connectivity index (χ0) is 19.0. The van der Waals surface area contributed by atoms with Gasteiger partial charge in [-0.3, -0.25) is 4.98 Å². The zero-order valence-electron chi connectivity index (χ0n) is 16.1. The van der Waals surface area contributed by atoms with Gasteiger partial charge in [-0.15, -0.1) is 0 Å². The Kier molecular flexibility index (Phi) is 6.12. The Bertz CT molecular complexity index is 859. The van der Waals surface area contributed by atoms with Crippen molar-refractivity contribution >= 4 is 11.6 Å². The van der Waals surface area contributed by atoms with Crippen molar-refractivity contribution in [3.63, 3.8) is 0 Å². The summed E-state index contributed by atoms with van der Waals surface area (Å²) in [7, 11) is 0. The minimum absolute atomic E-state index is 0.490. The van der Waals surface area contributed by atoms with Gasteiger partial charge in [-0.2, -0.15) is 0 Å². The second-order valence-corrected chi connectivity index (χ2v) is 7.34. The molecular formula is C23H27N5. The topological polar surface area (TPSA) is 62.7 Å². The van der Waals surface area contributed by atoms with E-state index in [1.807, 2.05) is 60.8 Å². The Hall–Kier alpha value is -2.95. The van der Waals surface area contributed by atoms with Gasteiger partial charge in [-0.05, 0) is 25.0 Å². The van der Waals surface area contributed by atoms with Crippen molar-refractivity contribution in [3.8, 4) is 11.4 Å². The molecule has 28 heavy (non-hydrogen) atoms. The van der Waals surface area contributed by atoms with Crippen LogP contribution in [-0.4, -0.2) is 21.0 Å². The molecule has 2 heterocycles. The Labute approximate surface area is 166 Å². The Morgan fingerprint density at radius 1 is 0.821 bits per heavy atom. The lowest BCUT2D eigenvalue weighted by atomic mass is 10.1. The van der Waals surface area contributed by atoms with Crippen LogP contribution in [0.2, 0.25) is 0 Å². The normalized spacial score (nSPS) is 15.0. The molecule has 2 N–H and O–H groups in total. The number of anilines is 2. The molecule has 5 nitrogen and oxygen atoms in total. The van der Waals surface area contributed by atoms with Crippen molar-refractivity contribution in [1.82, 2.24) is 15.0 Å². The van der Waals surface area contributed by atoms with Gasteiger partial charge in [0.1, 0.15) is 11.6 Å². The third kappa shape index (κ3) is 5.06. The molecule has 1 aliphatic rings. The van der Waals surface area contributed by atoms with E-state index in [-0.39, 0.29) is 0 Å². The molecule has 5 heteroatoms. The summed E-state index contributed by atoms with van der Waals surface area (Å²) in [6.07, 6.45) is 9.49. The summed E-state index contributed by atoms with van der Waals surface area (Å²) < 4.78 is 0. The van der Waals surface area contributed by atoms with E-state index in [0.717, 1.165) is 28.7 Å². The fourth-order valence-electron chi connectivity index (χ4n) is 3.64. The van der Waals surface area contributed by atoms with E-state index in [1.165, 1.54) is 38.5 Å². The molecule has 1 aromatic carbocycles. The molecule has 1 saturated carbocycles. The molecular weight excluding hydrogens is 346 g/mol. The van der Waals surface area contributed by atoms with Crippen molar-refractivity contribution in [3.05, 3.63) is 66.5 Å². The third-order valence-electron chi connectivity index (χ3n) is 5.14. The van der Waals surface area contributed by atoms with E-state index in [1.54, 1.807) is 0 Å². The van der Waals surface area contributed by atoms with Gasteiger partial charge in [0.05, 0.1) is 12.2 Å². The van der Waals surface area contributed by atoms with Crippen LogP contribution in [0.3, 0.4) is 0 Å². The van der Waals surface area contributed by atoms with Crippen molar-refractivity contribution in [2.45, 2.75) is 51.1 Å². The van der Waals surface area contributed by atoms with E-state index in [0.29, 0.717) is 12.6 Å². The molecule has 0 aliphatic heterocycles. The highest BCUT2D eigenvalue weighted by molar-refractivity contribution is 5.61. The summed E-state index contributed by atoms with van der Waals surface area (Å²) in [6, 6.07) is 18.6. The quantitative estimate of drug-likeness (QED) is 0.575. The molecule has 0 atom stereocenters. The molecule has 0 saturated heterocycles. The standard InChI is InChI=1S/C23H27N5/c1-2-7-13-19(12-6-1)26-22-16-21(25-17-20-14-8-9-15-24-20)27-23(28-22)18-10-4-3-5-11-18/h3-5,8-11,14-16,19H,1-2,6-7,12-13,17H2,(H2,25,26,27,28). The summed E-state index contributed by atoms with van der Waals surface area (Å²) in [6.45, 7) is 0.634. The van der Waals surface area contributed by atoms with E-state index in [4.69, 9.17) is 9.97 Å². The molecule has 0 unspecified atom stereocenters. The predicted octanol–water partition coefficient (Wildman–Crippen LogP) is 5.29. The smallest absolute Gasteiger partial charge is 0.163 e. The fourth-order valence-corrected chi connectivity index (χ4v) is 3.64. The molecule has 4 rings (SSSR count). The summed E-state index contributed by atoms with van der Waals surface area (Å²) >= 11 is 0. The average molecular weight is 374 g/mol. The van der Waals surface area contributed by atoms with Crippen LogP contribution >= 0.6 is 0 Å². The molecule has 0 spiro atoms. The minimum Gasteiger partial charge on any atom is -0.367 e. The van der Waals surface area contributed by atoms with E-state index in [9.17, 15) is 0 Å². The van der Waals surface area contributed by atoms with Crippen molar-refractivity contribution in [1.29, 1.82) is 0 Å². The highest BCUT2D eigenvalue weighted by Gasteiger charge is 2.14. The van der Waals surface area contributed by atoms with Gasteiger partial charge in [0.2, 0.25) is 0 Å². The number of benzene rings is 1. The van der Waals surface area contributed by atoms with Gasteiger partial charge in [0.25, 0.3) is 0 Å². The molecule has 1 fully saturated rings. The lowest BCUT2D eigenvalue weighted by Gasteiger charge is -2.18. The van der Waals surface area contributed by atoms with Crippen LogP contribution in [0, 0.1) is 0 Å². The Balaban J connectivity index is 1.57. The second-order valence-electron chi connectivity index (χ2n) is 7.34. The maximum Gasteiger partial charge on any atom is 0.163 e. The van der Waals surface area contributed by atoms with Crippen LogP contribution in [0.4, 0.5) is 11.6 Å². The highest BCUT2D eigenvalue weighted by Crippen LogP contribution is 2.24. The van der Waals surface area contributed by atoms with Crippen LogP contribution in [0.1, 0.15) is 44.2 Å². The minimum atomic E-state index is 0.490. The number of rotatable bonds is 6. The van der Waals surface area contributed by atoms with Crippen LogP contribution in [-0.2, 0) is 6.54 Å². The third-order valence-corrected chi connectivity index (χ3v) is 5.14. The molecule has 3 aromatic rings. The number of nitrogens with one attached hydrogen (secondary N) is 2.